The topological polar surface area (TPSA) is 62.4 Å². The molecule has 2 aromatic rings. The first-order chi connectivity index (χ1) is 10.6. The van der Waals surface area contributed by atoms with Crippen molar-refractivity contribution in [1.82, 2.24) is 15.1 Å². The van der Waals surface area contributed by atoms with E-state index >= 15 is 0 Å². The van der Waals surface area contributed by atoms with Crippen molar-refractivity contribution >= 4 is 11.6 Å². The van der Waals surface area contributed by atoms with Crippen LogP contribution in [0.5, 0.6) is 0 Å². The Bertz CT molecular complexity index is 606. The van der Waals surface area contributed by atoms with E-state index in [9.17, 15) is 5.11 Å². The molecular weight excluding hydrogens is 302 g/mol. The lowest BCUT2D eigenvalue weighted by atomic mass is 9.87. The minimum Gasteiger partial charge on any atom is -0.424 e. The number of aliphatic hydroxyl groups excluding tert-OH is 1. The highest BCUT2D eigenvalue weighted by Crippen LogP contribution is 2.31. The van der Waals surface area contributed by atoms with Crippen molar-refractivity contribution in [2.45, 2.75) is 32.4 Å². The van der Waals surface area contributed by atoms with Gasteiger partial charge in [-0.2, -0.15) is 0 Å². The van der Waals surface area contributed by atoms with E-state index in [0.29, 0.717) is 23.3 Å². The number of benzene rings is 1. The molecule has 0 saturated carbocycles. The minimum absolute atomic E-state index is 0.279. The molecule has 1 N–H and O–H groups in total. The maximum absolute atomic E-state index is 10.5. The molecular formula is C16H20ClN3O2. The first-order valence-electron chi connectivity index (χ1n) is 7.56. The second-order valence-electron chi connectivity index (χ2n) is 5.82. The third-order valence-corrected chi connectivity index (χ3v) is 4.47. The fraction of sp³-hybridized carbons (Fsp3) is 0.500. The van der Waals surface area contributed by atoms with Gasteiger partial charge in [-0.15, -0.1) is 10.2 Å². The quantitative estimate of drug-likeness (QED) is 0.938. The van der Waals surface area contributed by atoms with Crippen LogP contribution in [0.4, 0.5) is 0 Å². The molecule has 1 unspecified atom stereocenters. The summed E-state index contributed by atoms with van der Waals surface area (Å²) in [4.78, 5) is 2.29. The van der Waals surface area contributed by atoms with Crippen LogP contribution in [0.25, 0.3) is 0 Å². The van der Waals surface area contributed by atoms with Crippen LogP contribution in [0.15, 0.2) is 28.7 Å². The summed E-state index contributed by atoms with van der Waals surface area (Å²) in [6.07, 6.45) is 1.48. The van der Waals surface area contributed by atoms with E-state index in [4.69, 9.17) is 16.0 Å². The summed E-state index contributed by atoms with van der Waals surface area (Å²) in [5.74, 6) is 1.54. The van der Waals surface area contributed by atoms with Crippen LogP contribution >= 0.6 is 11.6 Å². The maximum atomic E-state index is 10.5. The monoisotopic (exact) mass is 321 g/mol. The number of hydrogen-bond acceptors (Lipinski definition) is 5. The Hall–Kier alpha value is -1.43. The molecule has 0 bridgehead atoms. The van der Waals surface area contributed by atoms with Crippen molar-refractivity contribution < 1.29 is 9.52 Å². The molecule has 3 rings (SSSR count). The molecule has 0 amide bonds. The van der Waals surface area contributed by atoms with Gasteiger partial charge in [0.25, 0.3) is 0 Å². The Balaban J connectivity index is 1.53. The van der Waals surface area contributed by atoms with Gasteiger partial charge in [0, 0.05) is 11.9 Å². The Kier molecular flexibility index (Phi) is 4.76. The van der Waals surface area contributed by atoms with Crippen LogP contribution in [-0.2, 0) is 6.54 Å². The highest BCUT2D eigenvalue weighted by atomic mass is 35.5. The number of nitrogens with zero attached hydrogens (tertiary/aromatic N) is 3. The molecule has 22 heavy (non-hydrogen) atoms. The molecule has 1 aromatic carbocycles. The number of aliphatic hydroxyl groups is 1. The molecule has 1 saturated heterocycles. The van der Waals surface area contributed by atoms with E-state index in [1.54, 1.807) is 6.92 Å². The summed E-state index contributed by atoms with van der Waals surface area (Å²) >= 11 is 5.89. The first kappa shape index (κ1) is 15.5. The van der Waals surface area contributed by atoms with Gasteiger partial charge in [-0.25, -0.2) is 0 Å². The van der Waals surface area contributed by atoms with Crippen molar-refractivity contribution in [1.29, 1.82) is 0 Å². The number of halogens is 1. The minimum atomic E-state index is -0.426. The summed E-state index contributed by atoms with van der Waals surface area (Å²) in [6, 6.07) is 7.46. The summed E-state index contributed by atoms with van der Waals surface area (Å²) in [7, 11) is 0. The molecule has 1 aliphatic heterocycles. The zero-order valence-electron chi connectivity index (χ0n) is 12.6. The second-order valence-corrected chi connectivity index (χ2v) is 6.26. The largest absolute Gasteiger partial charge is 0.424 e. The number of aromatic nitrogens is 2. The number of aryl methyl sites for hydroxylation is 1. The summed E-state index contributed by atoms with van der Waals surface area (Å²) in [6.45, 7) is 4.34. The molecule has 5 nitrogen and oxygen atoms in total. The molecule has 1 aliphatic rings. The van der Waals surface area contributed by atoms with Gasteiger partial charge >= 0.3 is 0 Å². The van der Waals surface area contributed by atoms with Crippen LogP contribution in [0.1, 0.15) is 36.3 Å². The Morgan fingerprint density at radius 3 is 2.55 bits per heavy atom. The van der Waals surface area contributed by atoms with E-state index in [2.05, 4.69) is 15.1 Å². The van der Waals surface area contributed by atoms with Crippen LogP contribution in [0.3, 0.4) is 0 Å². The van der Waals surface area contributed by atoms with E-state index in [0.717, 1.165) is 31.5 Å². The van der Waals surface area contributed by atoms with Gasteiger partial charge in [0.2, 0.25) is 11.8 Å². The van der Waals surface area contributed by atoms with Gasteiger partial charge in [0.05, 0.1) is 12.6 Å². The van der Waals surface area contributed by atoms with Gasteiger partial charge < -0.3 is 9.52 Å². The van der Waals surface area contributed by atoms with E-state index in [-0.39, 0.29) is 5.92 Å². The third-order valence-electron chi connectivity index (χ3n) is 4.22. The van der Waals surface area contributed by atoms with Gasteiger partial charge in [0.1, 0.15) is 0 Å². The number of likely N-dealkylation sites (tertiary alicyclic amines) is 1. The molecule has 1 aromatic heterocycles. The van der Waals surface area contributed by atoms with Crippen molar-refractivity contribution in [2.75, 3.05) is 13.1 Å². The second kappa shape index (κ2) is 6.77. The van der Waals surface area contributed by atoms with Crippen LogP contribution < -0.4 is 0 Å². The Morgan fingerprint density at radius 1 is 1.27 bits per heavy atom. The average molecular weight is 322 g/mol. The normalized spacial score (nSPS) is 18.5. The fourth-order valence-corrected chi connectivity index (χ4v) is 3.08. The standard InChI is InChI=1S/C16H20ClN3O2/c1-11-18-19-15(22-11)10-20-8-6-13(7-9-20)16(21)12-2-4-14(17)5-3-12/h2-5,13,16,21H,6-10H2,1H3. The van der Waals surface area contributed by atoms with Gasteiger partial charge in [-0.1, -0.05) is 23.7 Å². The highest BCUT2D eigenvalue weighted by Gasteiger charge is 2.26. The van der Waals surface area contributed by atoms with Crippen molar-refractivity contribution in [3.63, 3.8) is 0 Å². The van der Waals surface area contributed by atoms with Crippen molar-refractivity contribution in [3.8, 4) is 0 Å². The fourth-order valence-electron chi connectivity index (χ4n) is 2.95. The summed E-state index contributed by atoms with van der Waals surface area (Å²) in [5.41, 5.74) is 0.940. The van der Waals surface area contributed by atoms with E-state index in [1.165, 1.54) is 0 Å². The molecule has 2 heterocycles. The van der Waals surface area contributed by atoms with E-state index in [1.807, 2.05) is 24.3 Å². The smallest absolute Gasteiger partial charge is 0.230 e. The predicted octanol–water partition coefficient (Wildman–Crippen LogP) is 2.98. The lowest BCUT2D eigenvalue weighted by Crippen LogP contribution is -2.35. The third kappa shape index (κ3) is 3.66. The Morgan fingerprint density at radius 2 is 1.95 bits per heavy atom. The summed E-state index contributed by atoms with van der Waals surface area (Å²) < 4.78 is 5.42. The lowest BCUT2D eigenvalue weighted by Gasteiger charge is -2.33. The Labute approximate surface area is 134 Å². The molecule has 0 radical (unpaired) electrons. The number of hydrogen-bond donors (Lipinski definition) is 1. The predicted molar refractivity (Wildman–Crippen MR) is 83.4 cm³/mol. The highest BCUT2D eigenvalue weighted by molar-refractivity contribution is 6.30. The van der Waals surface area contributed by atoms with Crippen LogP contribution in [0.2, 0.25) is 5.02 Å². The SMILES string of the molecule is Cc1nnc(CN2CCC(C(O)c3ccc(Cl)cc3)CC2)o1. The molecule has 6 heteroatoms. The average Bonchev–Trinajstić information content (AvgIpc) is 2.93. The van der Waals surface area contributed by atoms with Crippen molar-refractivity contribution in [3.05, 3.63) is 46.6 Å². The van der Waals surface area contributed by atoms with Crippen LogP contribution in [-0.4, -0.2) is 33.3 Å². The zero-order valence-corrected chi connectivity index (χ0v) is 13.3. The number of rotatable bonds is 4. The first-order valence-corrected chi connectivity index (χ1v) is 7.94. The van der Waals surface area contributed by atoms with Gasteiger partial charge in [-0.3, -0.25) is 4.90 Å². The van der Waals surface area contributed by atoms with Crippen molar-refractivity contribution in [2.24, 2.45) is 5.92 Å². The van der Waals surface area contributed by atoms with E-state index < -0.39 is 6.10 Å². The molecule has 1 atom stereocenters. The lowest BCUT2D eigenvalue weighted by molar-refractivity contribution is 0.0543. The molecule has 0 spiro atoms. The van der Waals surface area contributed by atoms with Gasteiger partial charge in [0.15, 0.2) is 0 Å². The van der Waals surface area contributed by atoms with Crippen LogP contribution in [0, 0.1) is 12.8 Å². The maximum Gasteiger partial charge on any atom is 0.230 e. The zero-order chi connectivity index (χ0) is 15.5. The molecule has 1 fully saturated rings. The number of piperidine rings is 1. The molecule has 118 valence electrons. The molecule has 0 aliphatic carbocycles. The summed E-state index contributed by atoms with van der Waals surface area (Å²) in [5, 5.41) is 19.1. The van der Waals surface area contributed by atoms with Gasteiger partial charge in [-0.05, 0) is 49.5 Å².